The fraction of sp³-hybridized carbons (Fsp3) is 0.292. The average Bonchev–Trinajstić information content (AvgIpc) is 2.83. The van der Waals surface area contributed by atoms with Gasteiger partial charge >= 0.3 is 0 Å². The van der Waals surface area contributed by atoms with Gasteiger partial charge in [0.25, 0.3) is 12.0 Å². The summed E-state index contributed by atoms with van der Waals surface area (Å²) in [5.74, 6) is -0.102. The molecule has 2 heterocycles. The summed E-state index contributed by atoms with van der Waals surface area (Å²) >= 11 is 1.43. The highest BCUT2D eigenvalue weighted by Gasteiger charge is 2.33. The zero-order valence-corrected chi connectivity index (χ0v) is 18.7. The van der Waals surface area contributed by atoms with E-state index in [2.05, 4.69) is 14.7 Å². The second-order valence-corrected chi connectivity index (χ2v) is 8.86. The minimum absolute atomic E-state index is 0.102. The molecule has 0 bridgehead atoms. The first kappa shape index (κ1) is 23.1. The molecule has 1 amide bonds. The van der Waals surface area contributed by atoms with Crippen LogP contribution in [0, 0.1) is 0 Å². The number of allylic oxidation sites excluding steroid dienone is 1. The average molecular weight is 471 g/mol. The highest BCUT2D eigenvalue weighted by atomic mass is 32.2. The Balaban J connectivity index is 1.32. The maximum atomic E-state index is 12.8. The number of para-hydroxylation sites is 1. The number of nitrogens with one attached hydrogen (secondary N) is 1. The lowest BCUT2D eigenvalue weighted by molar-refractivity contribution is -0.0222. The van der Waals surface area contributed by atoms with Crippen molar-refractivity contribution in [2.24, 2.45) is 0 Å². The number of piperidine rings is 1. The number of nitrogens with zero attached hydrogens (tertiary/aromatic N) is 3. The van der Waals surface area contributed by atoms with E-state index in [-0.39, 0.29) is 18.7 Å². The van der Waals surface area contributed by atoms with Gasteiger partial charge in [-0.25, -0.2) is 0 Å². The van der Waals surface area contributed by atoms with Crippen LogP contribution >= 0.6 is 11.9 Å². The third-order valence-electron chi connectivity index (χ3n) is 5.76. The molecule has 9 heteroatoms. The summed E-state index contributed by atoms with van der Waals surface area (Å²) in [6.45, 7) is 0.796. The van der Waals surface area contributed by atoms with Gasteiger partial charge in [-0.2, -0.15) is 8.78 Å². The van der Waals surface area contributed by atoms with Gasteiger partial charge in [-0.15, -0.1) is 0 Å². The van der Waals surface area contributed by atoms with Gasteiger partial charge in [0.05, 0.1) is 16.0 Å². The van der Waals surface area contributed by atoms with Crippen molar-refractivity contribution in [2.45, 2.75) is 36.2 Å². The van der Waals surface area contributed by atoms with Crippen LogP contribution in [0.1, 0.15) is 36.0 Å². The summed E-state index contributed by atoms with van der Waals surface area (Å²) in [6.07, 6.45) is 3.58. The Morgan fingerprint density at radius 3 is 2.58 bits per heavy atom. The Bertz CT molecular complexity index is 1140. The summed E-state index contributed by atoms with van der Waals surface area (Å²) in [7, 11) is 0. The molecule has 0 radical (unpaired) electrons. The summed E-state index contributed by atoms with van der Waals surface area (Å²) in [5, 5.41) is 10.6. The van der Waals surface area contributed by atoms with Gasteiger partial charge in [-0.05, 0) is 80.1 Å². The van der Waals surface area contributed by atoms with Gasteiger partial charge in [-0.1, -0.05) is 6.07 Å². The predicted octanol–water partition coefficient (Wildman–Crippen LogP) is 5.28. The Morgan fingerprint density at radius 2 is 1.85 bits per heavy atom. The van der Waals surface area contributed by atoms with Crippen LogP contribution in [-0.4, -0.2) is 44.6 Å². The molecule has 0 aliphatic carbocycles. The molecule has 2 aromatic carbocycles. The van der Waals surface area contributed by atoms with E-state index in [9.17, 15) is 18.7 Å². The van der Waals surface area contributed by atoms with E-state index in [4.69, 9.17) is 0 Å². The lowest BCUT2D eigenvalue weighted by Gasteiger charge is -2.38. The molecule has 1 aliphatic rings. The van der Waals surface area contributed by atoms with Gasteiger partial charge < -0.3 is 14.7 Å². The van der Waals surface area contributed by atoms with Crippen LogP contribution in [0.3, 0.4) is 0 Å². The van der Waals surface area contributed by atoms with Crippen molar-refractivity contribution < 1.29 is 18.7 Å². The molecule has 1 saturated heterocycles. The number of carbonyl (C=O) groups excluding carboxylic acids is 1. The zero-order chi connectivity index (χ0) is 23.3. The Labute approximate surface area is 194 Å². The van der Waals surface area contributed by atoms with Crippen LogP contribution in [-0.2, 0) is 0 Å². The first-order valence-electron chi connectivity index (χ1n) is 10.7. The van der Waals surface area contributed by atoms with E-state index in [0.717, 1.165) is 27.7 Å². The van der Waals surface area contributed by atoms with Gasteiger partial charge in [-0.3, -0.25) is 14.8 Å². The number of hydrogen-bond acceptors (Lipinski definition) is 6. The standard InChI is InChI=1S/C24H24F2N4O2S/c25-21(26)5-2-10-24(32)11-15-30(16-12-24)23(31)17-6-8-18(9-7-17)29-33-20-4-1-3-19-22(20)28-14-13-27-19/h1,3-9,13-14,29,32H,2,10-12,15-16H2. The second-order valence-electron chi connectivity index (χ2n) is 8.01. The lowest BCUT2D eigenvalue weighted by atomic mass is 9.87. The molecular formula is C24H24F2N4O2S. The molecule has 172 valence electrons. The van der Waals surface area contributed by atoms with E-state index < -0.39 is 11.7 Å². The van der Waals surface area contributed by atoms with Crippen molar-refractivity contribution in [3.05, 3.63) is 72.6 Å². The highest BCUT2D eigenvalue weighted by molar-refractivity contribution is 8.00. The van der Waals surface area contributed by atoms with Crippen LogP contribution in [0.5, 0.6) is 0 Å². The van der Waals surface area contributed by atoms with E-state index in [1.807, 2.05) is 30.3 Å². The molecule has 33 heavy (non-hydrogen) atoms. The number of anilines is 1. The molecule has 1 aliphatic heterocycles. The van der Waals surface area contributed by atoms with E-state index in [1.54, 1.807) is 29.4 Å². The molecule has 6 nitrogen and oxygen atoms in total. The third-order valence-corrected chi connectivity index (χ3v) is 6.65. The maximum Gasteiger partial charge on any atom is 0.266 e. The van der Waals surface area contributed by atoms with Gasteiger partial charge in [0, 0.05) is 36.7 Å². The molecule has 3 aromatic rings. The summed E-state index contributed by atoms with van der Waals surface area (Å²) in [6, 6.07) is 13.0. The Morgan fingerprint density at radius 1 is 1.12 bits per heavy atom. The number of rotatable bonds is 7. The minimum atomic E-state index is -1.73. The van der Waals surface area contributed by atoms with E-state index in [0.29, 0.717) is 31.5 Å². The number of halogens is 2. The van der Waals surface area contributed by atoms with Crippen molar-refractivity contribution in [1.29, 1.82) is 0 Å². The maximum absolute atomic E-state index is 12.8. The molecule has 0 atom stereocenters. The van der Waals surface area contributed by atoms with Crippen molar-refractivity contribution in [3.63, 3.8) is 0 Å². The van der Waals surface area contributed by atoms with Crippen LogP contribution in [0.15, 0.2) is 71.9 Å². The number of carbonyl (C=O) groups is 1. The van der Waals surface area contributed by atoms with E-state index >= 15 is 0 Å². The van der Waals surface area contributed by atoms with Gasteiger partial charge in [0.15, 0.2) is 0 Å². The quantitative estimate of drug-likeness (QED) is 0.458. The first-order valence-corrected chi connectivity index (χ1v) is 11.5. The zero-order valence-electron chi connectivity index (χ0n) is 17.9. The lowest BCUT2D eigenvalue weighted by Crippen LogP contribution is -2.46. The molecule has 0 unspecified atom stereocenters. The third kappa shape index (κ3) is 5.85. The Hall–Kier alpha value is -3.04. The topological polar surface area (TPSA) is 78.4 Å². The van der Waals surface area contributed by atoms with Crippen LogP contribution in [0.25, 0.3) is 11.0 Å². The molecule has 1 fully saturated rings. The minimum Gasteiger partial charge on any atom is -0.390 e. The van der Waals surface area contributed by atoms with Crippen molar-refractivity contribution in [3.8, 4) is 0 Å². The van der Waals surface area contributed by atoms with Crippen molar-refractivity contribution >= 4 is 34.6 Å². The van der Waals surface area contributed by atoms with Crippen molar-refractivity contribution in [2.75, 3.05) is 17.8 Å². The van der Waals surface area contributed by atoms with Crippen LogP contribution in [0.2, 0.25) is 0 Å². The van der Waals surface area contributed by atoms with Crippen molar-refractivity contribution in [1.82, 2.24) is 14.9 Å². The largest absolute Gasteiger partial charge is 0.390 e. The number of aromatic nitrogens is 2. The first-order chi connectivity index (χ1) is 15.9. The monoisotopic (exact) mass is 470 g/mol. The predicted molar refractivity (Wildman–Crippen MR) is 125 cm³/mol. The molecular weight excluding hydrogens is 446 g/mol. The summed E-state index contributed by atoms with van der Waals surface area (Å²) in [4.78, 5) is 24.2. The fourth-order valence-corrected chi connectivity index (χ4v) is 4.62. The fourth-order valence-electron chi connectivity index (χ4n) is 3.85. The SMILES string of the molecule is O=C(c1ccc(NSc2cccc3nccnc23)cc1)N1CCC(O)(CCC=C(F)F)CC1. The molecule has 0 saturated carbocycles. The Kier molecular flexibility index (Phi) is 7.20. The number of amides is 1. The van der Waals surface area contributed by atoms with Crippen LogP contribution in [0.4, 0.5) is 14.5 Å². The van der Waals surface area contributed by atoms with Gasteiger partial charge in [0.1, 0.15) is 5.52 Å². The number of aliphatic hydroxyl groups is 1. The van der Waals surface area contributed by atoms with E-state index in [1.165, 1.54) is 11.9 Å². The summed E-state index contributed by atoms with van der Waals surface area (Å²) < 4.78 is 27.7. The molecule has 4 rings (SSSR count). The number of likely N-dealkylation sites (tertiary alicyclic amines) is 1. The number of benzene rings is 2. The van der Waals surface area contributed by atoms with Crippen LogP contribution < -0.4 is 4.72 Å². The molecule has 0 spiro atoms. The summed E-state index contributed by atoms with van der Waals surface area (Å²) in [5.41, 5.74) is 2.05. The smallest absolute Gasteiger partial charge is 0.266 e. The number of hydrogen-bond donors (Lipinski definition) is 2. The normalized spacial score (nSPS) is 15.3. The molecule has 2 N–H and O–H groups in total. The highest BCUT2D eigenvalue weighted by Crippen LogP contribution is 2.29. The van der Waals surface area contributed by atoms with Gasteiger partial charge in [0.2, 0.25) is 0 Å². The number of fused-ring (bicyclic) bond motifs is 1. The second kappa shape index (κ2) is 10.3. The molecule has 1 aromatic heterocycles.